The molecule has 3 rings (SSSR count). The highest BCUT2D eigenvalue weighted by Crippen LogP contribution is 2.33. The summed E-state index contributed by atoms with van der Waals surface area (Å²) in [5, 5.41) is 0. The van der Waals surface area contributed by atoms with Crippen LogP contribution in [0, 0.1) is 18.8 Å². The number of hydrogen-bond donors (Lipinski definition) is 1. The molecule has 2 aromatic rings. The molecule has 0 spiro atoms. The predicted octanol–water partition coefficient (Wildman–Crippen LogP) is 4.14. The maximum absolute atomic E-state index is 6.14. The van der Waals surface area contributed by atoms with E-state index in [1.54, 1.807) is 0 Å². The second-order valence-electron chi connectivity index (χ2n) is 6.32. The SMILES string of the molecule is CCC1CCC(Cn2c(N)nc3c(C)cccc32)CC1. The molecule has 0 atom stereocenters. The van der Waals surface area contributed by atoms with E-state index in [1.807, 2.05) is 0 Å². The number of imidazole rings is 1. The number of fused-ring (bicyclic) bond motifs is 1. The number of nitrogens with two attached hydrogens (primary N) is 1. The molecule has 0 saturated heterocycles. The van der Waals surface area contributed by atoms with E-state index < -0.39 is 0 Å². The van der Waals surface area contributed by atoms with E-state index in [4.69, 9.17) is 5.73 Å². The quantitative estimate of drug-likeness (QED) is 0.911. The lowest BCUT2D eigenvalue weighted by molar-refractivity contribution is 0.250. The molecular weight excluding hydrogens is 246 g/mol. The number of aryl methyl sites for hydroxylation is 1. The molecule has 108 valence electrons. The minimum Gasteiger partial charge on any atom is -0.369 e. The molecule has 1 heterocycles. The van der Waals surface area contributed by atoms with E-state index in [0.29, 0.717) is 5.95 Å². The molecule has 1 saturated carbocycles. The second-order valence-corrected chi connectivity index (χ2v) is 6.32. The van der Waals surface area contributed by atoms with E-state index in [2.05, 4.69) is 41.6 Å². The highest BCUT2D eigenvalue weighted by Gasteiger charge is 2.21. The Morgan fingerprint density at radius 3 is 2.60 bits per heavy atom. The van der Waals surface area contributed by atoms with Gasteiger partial charge in [-0.05, 0) is 43.2 Å². The van der Waals surface area contributed by atoms with Crippen LogP contribution >= 0.6 is 0 Å². The lowest BCUT2D eigenvalue weighted by Crippen LogP contribution is -2.19. The Labute approximate surface area is 121 Å². The molecule has 1 aromatic carbocycles. The third kappa shape index (κ3) is 2.41. The Morgan fingerprint density at radius 2 is 1.90 bits per heavy atom. The van der Waals surface area contributed by atoms with Crippen molar-refractivity contribution < 1.29 is 0 Å². The van der Waals surface area contributed by atoms with Crippen molar-refractivity contribution in [2.45, 2.75) is 52.5 Å². The van der Waals surface area contributed by atoms with Crippen LogP contribution in [0.5, 0.6) is 0 Å². The Kier molecular flexibility index (Phi) is 3.68. The molecule has 3 heteroatoms. The Hall–Kier alpha value is -1.51. The monoisotopic (exact) mass is 271 g/mol. The molecule has 1 aromatic heterocycles. The summed E-state index contributed by atoms with van der Waals surface area (Å²) in [6, 6.07) is 6.35. The summed E-state index contributed by atoms with van der Waals surface area (Å²) < 4.78 is 2.22. The van der Waals surface area contributed by atoms with Crippen LogP contribution in [0.15, 0.2) is 18.2 Å². The van der Waals surface area contributed by atoms with Gasteiger partial charge in [-0.25, -0.2) is 4.98 Å². The summed E-state index contributed by atoms with van der Waals surface area (Å²) in [6.07, 6.45) is 6.77. The topological polar surface area (TPSA) is 43.8 Å². The Bertz CT molecular complexity index is 592. The van der Waals surface area contributed by atoms with Gasteiger partial charge in [0.1, 0.15) is 0 Å². The Balaban J connectivity index is 1.81. The summed E-state index contributed by atoms with van der Waals surface area (Å²) in [4.78, 5) is 4.55. The second kappa shape index (κ2) is 5.47. The van der Waals surface area contributed by atoms with Crippen LogP contribution < -0.4 is 5.73 Å². The standard InChI is InChI=1S/C17H25N3/c1-3-13-7-9-14(10-8-13)11-20-15-6-4-5-12(2)16(15)19-17(20)18/h4-6,13-14H,3,7-11H2,1-2H3,(H2,18,19). The van der Waals surface area contributed by atoms with Crippen molar-refractivity contribution in [3.05, 3.63) is 23.8 Å². The third-order valence-electron chi connectivity index (χ3n) is 4.99. The first kappa shape index (κ1) is 13.5. The van der Waals surface area contributed by atoms with Gasteiger partial charge in [0.15, 0.2) is 0 Å². The fourth-order valence-corrected chi connectivity index (χ4v) is 3.58. The van der Waals surface area contributed by atoms with Crippen molar-refractivity contribution in [2.24, 2.45) is 11.8 Å². The number of rotatable bonds is 3. The minimum atomic E-state index is 0.673. The molecule has 0 aliphatic heterocycles. The lowest BCUT2D eigenvalue weighted by Gasteiger charge is -2.28. The van der Waals surface area contributed by atoms with Crippen molar-refractivity contribution in [2.75, 3.05) is 5.73 Å². The Morgan fingerprint density at radius 1 is 1.20 bits per heavy atom. The van der Waals surface area contributed by atoms with E-state index in [0.717, 1.165) is 23.9 Å². The molecule has 0 radical (unpaired) electrons. The number of nitrogen functional groups attached to an aromatic ring is 1. The zero-order chi connectivity index (χ0) is 14.1. The number of anilines is 1. The first-order valence-electron chi connectivity index (χ1n) is 7.90. The highest BCUT2D eigenvalue weighted by atomic mass is 15.2. The van der Waals surface area contributed by atoms with Crippen LogP contribution in [0.1, 0.15) is 44.6 Å². The van der Waals surface area contributed by atoms with Crippen LogP contribution in [-0.2, 0) is 6.54 Å². The van der Waals surface area contributed by atoms with Crippen LogP contribution in [0.3, 0.4) is 0 Å². The molecule has 1 aliphatic rings. The van der Waals surface area contributed by atoms with Crippen LogP contribution in [-0.4, -0.2) is 9.55 Å². The van der Waals surface area contributed by atoms with Gasteiger partial charge in [0.05, 0.1) is 11.0 Å². The molecule has 0 bridgehead atoms. The smallest absolute Gasteiger partial charge is 0.201 e. The number of hydrogen-bond acceptors (Lipinski definition) is 2. The first-order valence-corrected chi connectivity index (χ1v) is 7.90. The van der Waals surface area contributed by atoms with Gasteiger partial charge in [-0.1, -0.05) is 38.3 Å². The summed E-state index contributed by atoms with van der Waals surface area (Å²) in [5.41, 5.74) is 9.61. The van der Waals surface area contributed by atoms with E-state index in [9.17, 15) is 0 Å². The predicted molar refractivity (Wildman–Crippen MR) is 84.6 cm³/mol. The number of benzene rings is 1. The summed E-state index contributed by atoms with van der Waals surface area (Å²) >= 11 is 0. The van der Waals surface area contributed by atoms with Gasteiger partial charge in [-0.3, -0.25) is 0 Å². The lowest BCUT2D eigenvalue weighted by atomic mass is 9.81. The average molecular weight is 271 g/mol. The van der Waals surface area contributed by atoms with Crippen molar-refractivity contribution >= 4 is 17.0 Å². The first-order chi connectivity index (χ1) is 9.69. The maximum atomic E-state index is 6.14. The summed E-state index contributed by atoms with van der Waals surface area (Å²) in [7, 11) is 0. The molecular formula is C17H25N3. The molecule has 1 fully saturated rings. The largest absolute Gasteiger partial charge is 0.369 e. The zero-order valence-corrected chi connectivity index (χ0v) is 12.6. The highest BCUT2D eigenvalue weighted by molar-refractivity contribution is 5.81. The number of aromatic nitrogens is 2. The minimum absolute atomic E-state index is 0.673. The van der Waals surface area contributed by atoms with Crippen molar-refractivity contribution in [1.29, 1.82) is 0 Å². The fourth-order valence-electron chi connectivity index (χ4n) is 3.58. The van der Waals surface area contributed by atoms with Gasteiger partial charge in [-0.2, -0.15) is 0 Å². The zero-order valence-electron chi connectivity index (χ0n) is 12.6. The average Bonchev–Trinajstić information content (AvgIpc) is 2.78. The van der Waals surface area contributed by atoms with Crippen LogP contribution in [0.4, 0.5) is 5.95 Å². The normalized spacial score (nSPS) is 23.3. The van der Waals surface area contributed by atoms with Gasteiger partial charge in [0, 0.05) is 6.54 Å². The molecule has 2 N–H and O–H groups in total. The molecule has 1 aliphatic carbocycles. The summed E-state index contributed by atoms with van der Waals surface area (Å²) in [6.45, 7) is 5.45. The molecule has 20 heavy (non-hydrogen) atoms. The van der Waals surface area contributed by atoms with Gasteiger partial charge in [-0.15, -0.1) is 0 Å². The van der Waals surface area contributed by atoms with E-state index in [1.165, 1.54) is 43.2 Å². The van der Waals surface area contributed by atoms with Crippen LogP contribution in [0.25, 0.3) is 11.0 Å². The van der Waals surface area contributed by atoms with Gasteiger partial charge in [0.25, 0.3) is 0 Å². The molecule has 0 amide bonds. The number of para-hydroxylation sites is 1. The maximum Gasteiger partial charge on any atom is 0.201 e. The van der Waals surface area contributed by atoms with Crippen LogP contribution in [0.2, 0.25) is 0 Å². The fraction of sp³-hybridized carbons (Fsp3) is 0.588. The van der Waals surface area contributed by atoms with Gasteiger partial charge in [0.2, 0.25) is 5.95 Å². The summed E-state index contributed by atoms with van der Waals surface area (Å²) in [5.74, 6) is 2.38. The molecule has 0 unspecified atom stereocenters. The van der Waals surface area contributed by atoms with E-state index >= 15 is 0 Å². The van der Waals surface area contributed by atoms with Crippen molar-refractivity contribution in [3.63, 3.8) is 0 Å². The van der Waals surface area contributed by atoms with Crippen molar-refractivity contribution in [3.8, 4) is 0 Å². The third-order valence-corrected chi connectivity index (χ3v) is 4.99. The van der Waals surface area contributed by atoms with Gasteiger partial charge < -0.3 is 10.3 Å². The molecule has 3 nitrogen and oxygen atoms in total. The van der Waals surface area contributed by atoms with E-state index in [-0.39, 0.29) is 0 Å². The van der Waals surface area contributed by atoms with Crippen molar-refractivity contribution in [1.82, 2.24) is 9.55 Å². The van der Waals surface area contributed by atoms with Gasteiger partial charge >= 0.3 is 0 Å². The number of nitrogens with zero attached hydrogens (tertiary/aromatic N) is 2.